The van der Waals surface area contributed by atoms with Gasteiger partial charge in [0, 0.05) is 11.8 Å². The summed E-state index contributed by atoms with van der Waals surface area (Å²) in [5.41, 5.74) is -0.278. The molecule has 0 bridgehead atoms. The van der Waals surface area contributed by atoms with Gasteiger partial charge in [-0.1, -0.05) is 27.2 Å². The number of nitriles is 1. The standard InChI is InChI=1S/C12H21NO/c1-10(2)6-8-12(4,11(3)14)7-5-9-13/h10H,5-8H2,1-4H3. The molecule has 1 atom stereocenters. The molecule has 2 heteroatoms. The van der Waals surface area contributed by atoms with Crippen LogP contribution in [0.5, 0.6) is 0 Å². The molecule has 14 heavy (non-hydrogen) atoms. The van der Waals surface area contributed by atoms with E-state index in [0.717, 1.165) is 12.8 Å². The third-order valence-corrected chi connectivity index (χ3v) is 2.91. The van der Waals surface area contributed by atoms with Crippen LogP contribution in [0.1, 0.15) is 53.4 Å². The molecule has 0 aliphatic rings. The third kappa shape index (κ3) is 4.41. The quantitative estimate of drug-likeness (QED) is 0.652. The summed E-state index contributed by atoms with van der Waals surface area (Å²) in [4.78, 5) is 11.5. The molecular weight excluding hydrogens is 174 g/mol. The normalized spacial score (nSPS) is 14.9. The second-order valence-electron chi connectivity index (χ2n) is 4.71. The molecule has 0 radical (unpaired) electrons. The maximum atomic E-state index is 11.5. The lowest BCUT2D eigenvalue weighted by Gasteiger charge is -2.26. The molecule has 0 aromatic carbocycles. The number of rotatable bonds is 6. The smallest absolute Gasteiger partial charge is 0.135 e. The maximum Gasteiger partial charge on any atom is 0.135 e. The lowest BCUT2D eigenvalue weighted by Crippen LogP contribution is -2.25. The highest BCUT2D eigenvalue weighted by atomic mass is 16.1. The fraction of sp³-hybridized carbons (Fsp3) is 0.833. The lowest BCUT2D eigenvalue weighted by atomic mass is 9.76. The van der Waals surface area contributed by atoms with Crippen molar-refractivity contribution in [2.24, 2.45) is 11.3 Å². The molecule has 0 aromatic heterocycles. The molecule has 0 saturated carbocycles. The molecule has 2 nitrogen and oxygen atoms in total. The molecule has 0 aliphatic carbocycles. The molecule has 0 saturated heterocycles. The molecule has 0 spiro atoms. The first-order chi connectivity index (χ1) is 6.42. The molecule has 0 aliphatic heterocycles. The molecule has 1 unspecified atom stereocenters. The van der Waals surface area contributed by atoms with Crippen molar-refractivity contribution < 1.29 is 4.79 Å². The van der Waals surface area contributed by atoms with Gasteiger partial charge in [0.15, 0.2) is 0 Å². The Morgan fingerprint density at radius 2 is 2.00 bits per heavy atom. The zero-order valence-corrected chi connectivity index (χ0v) is 9.76. The van der Waals surface area contributed by atoms with E-state index in [1.54, 1.807) is 6.92 Å². The summed E-state index contributed by atoms with van der Waals surface area (Å²) in [5, 5.41) is 8.53. The Hall–Kier alpha value is -0.840. The van der Waals surface area contributed by atoms with E-state index < -0.39 is 0 Å². The van der Waals surface area contributed by atoms with E-state index in [1.165, 1.54) is 0 Å². The van der Waals surface area contributed by atoms with Crippen molar-refractivity contribution in [2.45, 2.75) is 53.4 Å². The number of carbonyl (C=O) groups is 1. The molecule has 0 N–H and O–H groups in total. The van der Waals surface area contributed by atoms with Crippen molar-refractivity contribution >= 4 is 5.78 Å². The van der Waals surface area contributed by atoms with Crippen molar-refractivity contribution in [1.82, 2.24) is 0 Å². The Bertz CT molecular complexity index is 227. The molecule has 0 amide bonds. The SMILES string of the molecule is CC(=O)C(C)(CCC#N)CCC(C)C. The van der Waals surface area contributed by atoms with Gasteiger partial charge >= 0.3 is 0 Å². The molecule has 0 rings (SSSR count). The van der Waals surface area contributed by atoms with E-state index in [-0.39, 0.29) is 11.2 Å². The Morgan fingerprint density at radius 1 is 1.43 bits per heavy atom. The molecule has 80 valence electrons. The monoisotopic (exact) mass is 195 g/mol. The zero-order valence-electron chi connectivity index (χ0n) is 9.76. The predicted molar refractivity (Wildman–Crippen MR) is 57.7 cm³/mol. The van der Waals surface area contributed by atoms with Crippen LogP contribution in [0.15, 0.2) is 0 Å². The Kier molecular flexibility index (Phi) is 5.45. The van der Waals surface area contributed by atoms with Gasteiger partial charge in [-0.25, -0.2) is 0 Å². The zero-order chi connectivity index (χ0) is 11.2. The minimum atomic E-state index is -0.278. The van der Waals surface area contributed by atoms with Crippen LogP contribution in [-0.4, -0.2) is 5.78 Å². The number of carbonyl (C=O) groups excluding carboxylic acids is 1. The Morgan fingerprint density at radius 3 is 2.36 bits per heavy atom. The summed E-state index contributed by atoms with van der Waals surface area (Å²) in [7, 11) is 0. The molecule has 0 fully saturated rings. The van der Waals surface area contributed by atoms with Crippen LogP contribution in [0.25, 0.3) is 0 Å². The highest BCUT2D eigenvalue weighted by molar-refractivity contribution is 5.81. The van der Waals surface area contributed by atoms with Gasteiger partial charge in [0.25, 0.3) is 0 Å². The van der Waals surface area contributed by atoms with Crippen molar-refractivity contribution in [1.29, 1.82) is 5.26 Å². The fourth-order valence-corrected chi connectivity index (χ4v) is 1.42. The summed E-state index contributed by atoms with van der Waals surface area (Å²) in [5.74, 6) is 0.837. The van der Waals surface area contributed by atoms with Crippen LogP contribution < -0.4 is 0 Å². The van der Waals surface area contributed by atoms with Crippen LogP contribution in [0.3, 0.4) is 0 Å². The largest absolute Gasteiger partial charge is 0.299 e. The van der Waals surface area contributed by atoms with E-state index in [1.807, 2.05) is 6.92 Å². The molecule has 0 heterocycles. The summed E-state index contributed by atoms with van der Waals surface area (Å²) >= 11 is 0. The van der Waals surface area contributed by atoms with Gasteiger partial charge in [-0.2, -0.15) is 5.26 Å². The highest BCUT2D eigenvalue weighted by Crippen LogP contribution is 2.31. The van der Waals surface area contributed by atoms with Gasteiger partial charge in [0.05, 0.1) is 6.07 Å². The van der Waals surface area contributed by atoms with E-state index in [9.17, 15) is 4.79 Å². The van der Waals surface area contributed by atoms with Crippen LogP contribution in [-0.2, 0) is 4.79 Å². The topological polar surface area (TPSA) is 40.9 Å². The minimum absolute atomic E-state index is 0.216. The van der Waals surface area contributed by atoms with Crippen molar-refractivity contribution in [3.63, 3.8) is 0 Å². The van der Waals surface area contributed by atoms with E-state index >= 15 is 0 Å². The second-order valence-corrected chi connectivity index (χ2v) is 4.71. The number of Topliss-reactive ketones (excluding diaryl/α,β-unsaturated/α-hetero) is 1. The summed E-state index contributed by atoms with van der Waals surface area (Å²) < 4.78 is 0. The van der Waals surface area contributed by atoms with Crippen molar-refractivity contribution in [3.8, 4) is 6.07 Å². The summed E-state index contributed by atoms with van der Waals surface area (Å²) in [6.07, 6.45) is 3.14. The van der Waals surface area contributed by atoms with Gasteiger partial charge in [-0.05, 0) is 25.7 Å². The van der Waals surface area contributed by atoms with Gasteiger partial charge in [0.2, 0.25) is 0 Å². The average molecular weight is 195 g/mol. The molecule has 0 aromatic rings. The maximum absolute atomic E-state index is 11.5. The third-order valence-electron chi connectivity index (χ3n) is 2.91. The second kappa shape index (κ2) is 5.80. The van der Waals surface area contributed by atoms with Gasteiger partial charge < -0.3 is 0 Å². The number of nitrogens with zero attached hydrogens (tertiary/aromatic N) is 1. The van der Waals surface area contributed by atoms with Gasteiger partial charge in [-0.15, -0.1) is 0 Å². The molecular formula is C12H21NO. The van der Waals surface area contributed by atoms with Crippen LogP contribution >= 0.6 is 0 Å². The highest BCUT2D eigenvalue weighted by Gasteiger charge is 2.28. The number of hydrogen-bond donors (Lipinski definition) is 0. The minimum Gasteiger partial charge on any atom is -0.299 e. The van der Waals surface area contributed by atoms with Crippen LogP contribution in [0.2, 0.25) is 0 Å². The summed E-state index contributed by atoms with van der Waals surface area (Å²) in [6, 6.07) is 2.11. The van der Waals surface area contributed by atoms with E-state index in [2.05, 4.69) is 19.9 Å². The van der Waals surface area contributed by atoms with Crippen molar-refractivity contribution in [3.05, 3.63) is 0 Å². The summed E-state index contributed by atoms with van der Waals surface area (Å²) in [6.45, 7) is 7.93. The van der Waals surface area contributed by atoms with E-state index in [4.69, 9.17) is 5.26 Å². The van der Waals surface area contributed by atoms with Crippen molar-refractivity contribution in [2.75, 3.05) is 0 Å². The predicted octanol–water partition coefficient (Wildman–Crippen LogP) is 3.32. The first-order valence-electron chi connectivity index (χ1n) is 5.30. The lowest BCUT2D eigenvalue weighted by molar-refractivity contribution is -0.126. The first-order valence-corrected chi connectivity index (χ1v) is 5.30. The Labute approximate surface area is 87.3 Å². The van der Waals surface area contributed by atoms with Crippen LogP contribution in [0.4, 0.5) is 0 Å². The average Bonchev–Trinajstić information content (AvgIpc) is 2.11. The van der Waals surface area contributed by atoms with Gasteiger partial charge in [-0.3, -0.25) is 4.79 Å². The first kappa shape index (κ1) is 13.2. The number of hydrogen-bond acceptors (Lipinski definition) is 2. The van der Waals surface area contributed by atoms with E-state index in [0.29, 0.717) is 18.8 Å². The Balaban J connectivity index is 4.26. The fourth-order valence-electron chi connectivity index (χ4n) is 1.42. The van der Waals surface area contributed by atoms with Crippen LogP contribution in [0, 0.1) is 22.7 Å². The van der Waals surface area contributed by atoms with Gasteiger partial charge in [0.1, 0.15) is 5.78 Å². The number of ketones is 1.